The van der Waals surface area contributed by atoms with Crippen LogP contribution in [0, 0.1) is 24.7 Å². The van der Waals surface area contributed by atoms with Gasteiger partial charge in [-0.25, -0.2) is 5.43 Å². The zero-order valence-corrected chi connectivity index (χ0v) is 11.3. The molecule has 2 atom stereocenters. The van der Waals surface area contributed by atoms with Gasteiger partial charge in [-0.05, 0) is 37.2 Å². The maximum absolute atomic E-state index is 12.0. The van der Waals surface area contributed by atoms with E-state index >= 15 is 0 Å². The Labute approximate surface area is 114 Å². The van der Waals surface area contributed by atoms with E-state index in [9.17, 15) is 4.79 Å². The van der Waals surface area contributed by atoms with Gasteiger partial charge in [0.25, 0.3) is 0 Å². The number of fused-ring (bicyclic) bond motifs is 1. The first-order valence-corrected chi connectivity index (χ1v) is 7.15. The lowest BCUT2D eigenvalue weighted by Crippen LogP contribution is -2.20. The number of hydrogen-bond donors (Lipinski definition) is 1. The van der Waals surface area contributed by atoms with Gasteiger partial charge in [0.1, 0.15) is 0 Å². The minimum Gasteiger partial charge on any atom is -0.273 e. The number of carbonyl (C=O) groups is 1. The molecule has 3 rings (SSSR count). The molecule has 0 unspecified atom stereocenters. The zero-order chi connectivity index (χ0) is 13.2. The van der Waals surface area contributed by atoms with Gasteiger partial charge in [0, 0.05) is 5.92 Å². The van der Waals surface area contributed by atoms with Crippen molar-refractivity contribution in [1.29, 1.82) is 0 Å². The van der Waals surface area contributed by atoms with Crippen LogP contribution in [0.3, 0.4) is 0 Å². The van der Waals surface area contributed by atoms with Crippen LogP contribution >= 0.6 is 0 Å². The molecule has 1 N–H and O–H groups in total. The Bertz CT molecular complexity index is 480. The highest BCUT2D eigenvalue weighted by Crippen LogP contribution is 2.55. The molecule has 2 saturated carbocycles. The average Bonchev–Trinajstić information content (AvgIpc) is 3.15. The molecule has 0 spiro atoms. The van der Waals surface area contributed by atoms with Gasteiger partial charge in [-0.3, -0.25) is 4.79 Å². The van der Waals surface area contributed by atoms with E-state index in [-0.39, 0.29) is 11.8 Å². The quantitative estimate of drug-likeness (QED) is 0.655. The summed E-state index contributed by atoms with van der Waals surface area (Å²) >= 11 is 0. The molecule has 1 aromatic carbocycles. The van der Waals surface area contributed by atoms with Crippen molar-refractivity contribution in [3.63, 3.8) is 0 Å². The second-order valence-corrected chi connectivity index (χ2v) is 5.78. The number of nitrogens with zero attached hydrogens (tertiary/aromatic N) is 1. The summed E-state index contributed by atoms with van der Waals surface area (Å²) in [7, 11) is 0. The Morgan fingerprint density at radius 2 is 1.84 bits per heavy atom. The van der Waals surface area contributed by atoms with Crippen LogP contribution in [0.2, 0.25) is 0 Å². The highest BCUT2D eigenvalue weighted by Gasteiger charge is 2.54. The fourth-order valence-corrected chi connectivity index (χ4v) is 3.28. The van der Waals surface area contributed by atoms with Gasteiger partial charge in [-0.15, -0.1) is 0 Å². The molecule has 0 aliphatic heterocycles. The number of aryl methyl sites for hydroxylation is 1. The summed E-state index contributed by atoms with van der Waals surface area (Å²) in [6.45, 7) is 2.05. The molecule has 100 valence electrons. The second-order valence-electron chi connectivity index (χ2n) is 5.78. The third kappa shape index (κ3) is 2.70. The highest BCUT2D eigenvalue weighted by atomic mass is 16.2. The number of hydrazone groups is 1. The minimum absolute atomic E-state index is 0.111. The Hall–Kier alpha value is -1.64. The van der Waals surface area contributed by atoms with Gasteiger partial charge in [0.15, 0.2) is 0 Å². The van der Waals surface area contributed by atoms with Crippen molar-refractivity contribution < 1.29 is 4.79 Å². The van der Waals surface area contributed by atoms with E-state index in [2.05, 4.69) is 17.5 Å². The van der Waals surface area contributed by atoms with Gasteiger partial charge < -0.3 is 0 Å². The van der Waals surface area contributed by atoms with Crippen LogP contribution < -0.4 is 5.43 Å². The summed E-state index contributed by atoms with van der Waals surface area (Å²) in [6, 6.07) is 8.08. The predicted molar refractivity (Wildman–Crippen MR) is 75.9 cm³/mol. The fraction of sp³-hybridized carbons (Fsp3) is 0.500. The highest BCUT2D eigenvalue weighted by molar-refractivity contribution is 5.85. The van der Waals surface area contributed by atoms with Crippen molar-refractivity contribution in [2.75, 3.05) is 0 Å². The van der Waals surface area contributed by atoms with E-state index in [0.29, 0.717) is 11.8 Å². The minimum atomic E-state index is 0.111. The number of benzene rings is 1. The maximum atomic E-state index is 12.0. The van der Waals surface area contributed by atoms with Gasteiger partial charge in [0.05, 0.1) is 6.21 Å². The summed E-state index contributed by atoms with van der Waals surface area (Å²) in [4.78, 5) is 12.0. The summed E-state index contributed by atoms with van der Waals surface area (Å²) < 4.78 is 0. The standard InChI is InChI=1S/C16H20N2O/c1-11-6-8-12(9-7-11)10-17-18-16(19)15-13-4-2-3-5-14(13)15/h6-10,13-15H,2-5H2,1H3,(H,18,19)/b17-10-/t13-,14-/m0/s1. The van der Waals surface area contributed by atoms with Crippen molar-refractivity contribution in [3.8, 4) is 0 Å². The summed E-state index contributed by atoms with van der Waals surface area (Å²) in [5.41, 5.74) is 4.93. The predicted octanol–water partition coefficient (Wildman–Crippen LogP) is 2.88. The molecule has 2 fully saturated rings. The maximum Gasteiger partial charge on any atom is 0.243 e. The zero-order valence-electron chi connectivity index (χ0n) is 11.3. The lowest BCUT2D eigenvalue weighted by Gasteiger charge is -2.04. The van der Waals surface area contributed by atoms with Crippen LogP contribution in [-0.2, 0) is 4.79 Å². The Morgan fingerprint density at radius 1 is 1.21 bits per heavy atom. The van der Waals surface area contributed by atoms with Crippen molar-refractivity contribution in [1.82, 2.24) is 5.43 Å². The van der Waals surface area contributed by atoms with E-state index in [4.69, 9.17) is 0 Å². The largest absolute Gasteiger partial charge is 0.273 e. The van der Waals surface area contributed by atoms with Crippen LogP contribution in [0.4, 0.5) is 0 Å². The van der Waals surface area contributed by atoms with Crippen LogP contribution in [0.5, 0.6) is 0 Å². The third-order valence-corrected chi connectivity index (χ3v) is 4.42. The topological polar surface area (TPSA) is 41.5 Å². The monoisotopic (exact) mass is 256 g/mol. The summed E-state index contributed by atoms with van der Waals surface area (Å²) in [6.07, 6.45) is 6.74. The lowest BCUT2D eigenvalue weighted by molar-refractivity contribution is -0.122. The molecule has 2 aliphatic rings. The van der Waals surface area contributed by atoms with Crippen molar-refractivity contribution in [2.45, 2.75) is 32.6 Å². The van der Waals surface area contributed by atoms with Crippen LogP contribution in [0.15, 0.2) is 29.4 Å². The first kappa shape index (κ1) is 12.4. The first-order valence-electron chi connectivity index (χ1n) is 7.15. The Balaban J connectivity index is 1.52. The number of nitrogens with one attached hydrogen (secondary N) is 1. The molecule has 0 heterocycles. The molecular formula is C16H20N2O. The molecule has 0 aromatic heterocycles. The number of carbonyl (C=O) groups excluding carboxylic acids is 1. The lowest BCUT2D eigenvalue weighted by atomic mass is 10.0. The molecule has 0 radical (unpaired) electrons. The Kier molecular flexibility index (Phi) is 3.36. The fourth-order valence-electron chi connectivity index (χ4n) is 3.28. The van der Waals surface area contributed by atoms with E-state index in [1.807, 2.05) is 24.3 Å². The van der Waals surface area contributed by atoms with E-state index < -0.39 is 0 Å². The molecule has 1 amide bonds. The molecular weight excluding hydrogens is 236 g/mol. The van der Waals surface area contributed by atoms with Crippen molar-refractivity contribution in [2.24, 2.45) is 22.9 Å². The number of amides is 1. The van der Waals surface area contributed by atoms with Gasteiger partial charge in [-0.1, -0.05) is 42.7 Å². The molecule has 3 heteroatoms. The second kappa shape index (κ2) is 5.16. The molecule has 1 aromatic rings. The van der Waals surface area contributed by atoms with E-state index in [1.165, 1.54) is 31.2 Å². The van der Waals surface area contributed by atoms with Crippen molar-refractivity contribution >= 4 is 12.1 Å². The summed E-state index contributed by atoms with van der Waals surface area (Å²) in [5.74, 6) is 1.63. The normalized spacial score (nSPS) is 29.0. The number of hydrogen-bond acceptors (Lipinski definition) is 2. The van der Waals surface area contributed by atoms with Crippen LogP contribution in [0.25, 0.3) is 0 Å². The van der Waals surface area contributed by atoms with Crippen molar-refractivity contribution in [3.05, 3.63) is 35.4 Å². The van der Waals surface area contributed by atoms with Crippen LogP contribution in [0.1, 0.15) is 36.8 Å². The molecule has 19 heavy (non-hydrogen) atoms. The molecule has 0 saturated heterocycles. The SMILES string of the molecule is Cc1ccc(/C=N\NC(=O)C2[C@H]3CCCC[C@H]23)cc1. The van der Waals surface area contributed by atoms with Gasteiger partial charge in [-0.2, -0.15) is 5.10 Å². The third-order valence-electron chi connectivity index (χ3n) is 4.42. The van der Waals surface area contributed by atoms with E-state index in [0.717, 1.165) is 5.56 Å². The van der Waals surface area contributed by atoms with Crippen LogP contribution in [-0.4, -0.2) is 12.1 Å². The number of rotatable bonds is 3. The molecule has 0 bridgehead atoms. The summed E-state index contributed by atoms with van der Waals surface area (Å²) in [5, 5.41) is 4.07. The van der Waals surface area contributed by atoms with E-state index in [1.54, 1.807) is 6.21 Å². The van der Waals surface area contributed by atoms with Gasteiger partial charge >= 0.3 is 0 Å². The molecule has 2 aliphatic carbocycles. The Morgan fingerprint density at radius 3 is 2.47 bits per heavy atom. The van der Waals surface area contributed by atoms with Gasteiger partial charge in [0.2, 0.25) is 5.91 Å². The average molecular weight is 256 g/mol. The molecule has 3 nitrogen and oxygen atoms in total. The smallest absolute Gasteiger partial charge is 0.243 e. The first-order chi connectivity index (χ1) is 9.25.